The minimum Gasteiger partial charge on any atom is -0.497 e. The Hall–Kier alpha value is -4.21. The molecule has 0 aliphatic carbocycles. The summed E-state index contributed by atoms with van der Waals surface area (Å²) in [6, 6.07) is 10.3. The number of carbonyl (C=O) groups is 3. The Bertz CT molecular complexity index is 1000. The van der Waals surface area contributed by atoms with Crippen molar-refractivity contribution in [2.75, 3.05) is 7.11 Å². The van der Waals surface area contributed by atoms with E-state index < -0.39 is 28.7 Å². The molecular formula is C20H19N3O7. The fourth-order valence-electron chi connectivity index (χ4n) is 2.33. The molecule has 2 amide bonds. The molecule has 1 atom stereocenters. The molecule has 10 nitrogen and oxygen atoms in total. The Kier molecular flexibility index (Phi) is 7.23. The first-order valence-electron chi connectivity index (χ1n) is 8.66. The molecule has 2 aromatic carbocycles. The summed E-state index contributed by atoms with van der Waals surface area (Å²) in [5.41, 5.74) is 0.0143. The second-order valence-electron chi connectivity index (χ2n) is 6.13. The second kappa shape index (κ2) is 9.82. The molecule has 0 aliphatic heterocycles. The quantitative estimate of drug-likeness (QED) is 0.340. The van der Waals surface area contributed by atoms with Gasteiger partial charge in [-0.1, -0.05) is 12.1 Å². The van der Waals surface area contributed by atoms with E-state index in [2.05, 4.69) is 10.6 Å². The summed E-state index contributed by atoms with van der Waals surface area (Å²) in [5.74, 6) is -2.22. The molecule has 2 aromatic rings. The van der Waals surface area contributed by atoms with Gasteiger partial charge in [0.1, 0.15) is 17.5 Å². The van der Waals surface area contributed by atoms with Gasteiger partial charge in [-0.25, -0.2) is 0 Å². The standard InChI is InChI=1S/C20H19N3O7/c1-12(20(26)27)21-19(25)17(11-13-4-3-5-15(10-13)23(28)29)22-18(24)14-6-8-16(30-2)9-7-14/h3-12H,1-2H3,(H,21,25)(H,22,24)(H,26,27). The first-order valence-corrected chi connectivity index (χ1v) is 8.66. The molecule has 0 bridgehead atoms. The molecule has 2 rings (SSSR count). The van der Waals surface area contributed by atoms with Crippen molar-refractivity contribution in [1.29, 1.82) is 0 Å². The number of hydrogen-bond donors (Lipinski definition) is 3. The van der Waals surface area contributed by atoms with E-state index in [1.807, 2.05) is 0 Å². The molecule has 30 heavy (non-hydrogen) atoms. The minimum atomic E-state index is -1.26. The van der Waals surface area contributed by atoms with Crippen LogP contribution in [0.4, 0.5) is 5.69 Å². The van der Waals surface area contributed by atoms with Gasteiger partial charge in [-0.05, 0) is 42.8 Å². The summed E-state index contributed by atoms with van der Waals surface area (Å²) >= 11 is 0. The Morgan fingerprint density at radius 1 is 1.17 bits per heavy atom. The van der Waals surface area contributed by atoms with Gasteiger partial charge in [0.05, 0.1) is 12.0 Å². The van der Waals surface area contributed by atoms with Crippen molar-refractivity contribution in [3.05, 3.63) is 75.5 Å². The molecule has 1 unspecified atom stereocenters. The molecule has 0 fully saturated rings. The maximum atomic E-state index is 12.5. The van der Waals surface area contributed by atoms with Gasteiger partial charge in [0, 0.05) is 17.7 Å². The number of non-ortho nitro benzene ring substituents is 1. The average Bonchev–Trinajstić information content (AvgIpc) is 2.73. The van der Waals surface area contributed by atoms with Crippen molar-refractivity contribution in [3.8, 4) is 5.75 Å². The number of ether oxygens (including phenoxy) is 1. The number of carbonyl (C=O) groups excluding carboxylic acids is 2. The highest BCUT2D eigenvalue weighted by molar-refractivity contribution is 6.06. The van der Waals surface area contributed by atoms with Gasteiger partial charge in [-0.3, -0.25) is 24.5 Å². The van der Waals surface area contributed by atoms with Crippen molar-refractivity contribution in [3.63, 3.8) is 0 Å². The zero-order valence-electron chi connectivity index (χ0n) is 16.1. The van der Waals surface area contributed by atoms with Crippen LogP contribution in [0.3, 0.4) is 0 Å². The van der Waals surface area contributed by atoms with E-state index in [-0.39, 0.29) is 22.5 Å². The fraction of sp³-hybridized carbons (Fsp3) is 0.150. The predicted octanol–water partition coefficient (Wildman–Crippen LogP) is 1.96. The van der Waals surface area contributed by atoms with Crippen LogP contribution in [0.5, 0.6) is 5.75 Å². The topological polar surface area (TPSA) is 148 Å². The molecule has 0 saturated carbocycles. The lowest BCUT2D eigenvalue weighted by atomic mass is 10.1. The van der Waals surface area contributed by atoms with Gasteiger partial charge in [0.2, 0.25) is 0 Å². The van der Waals surface area contributed by atoms with Gasteiger partial charge in [-0.15, -0.1) is 0 Å². The normalized spacial score (nSPS) is 11.9. The molecule has 156 valence electrons. The van der Waals surface area contributed by atoms with E-state index in [0.29, 0.717) is 5.75 Å². The Morgan fingerprint density at radius 3 is 2.40 bits per heavy atom. The van der Waals surface area contributed by atoms with E-state index in [4.69, 9.17) is 9.84 Å². The van der Waals surface area contributed by atoms with Crippen LogP contribution in [-0.2, 0) is 9.59 Å². The number of benzene rings is 2. The molecule has 0 saturated heterocycles. The largest absolute Gasteiger partial charge is 0.497 e. The number of aliphatic carboxylic acids is 1. The maximum absolute atomic E-state index is 12.5. The van der Waals surface area contributed by atoms with E-state index in [1.54, 1.807) is 12.1 Å². The van der Waals surface area contributed by atoms with Crippen LogP contribution in [0.15, 0.2) is 54.2 Å². The number of amides is 2. The van der Waals surface area contributed by atoms with Crippen LogP contribution < -0.4 is 15.4 Å². The smallest absolute Gasteiger partial charge is 0.325 e. The Labute approximate surface area is 171 Å². The SMILES string of the molecule is COc1ccc(C(=O)NC(=Cc2cccc([N+](=O)[O-])c2)C(=O)NC(C)C(=O)O)cc1. The third kappa shape index (κ3) is 5.89. The Balaban J connectivity index is 2.35. The van der Waals surface area contributed by atoms with Crippen LogP contribution in [0, 0.1) is 10.1 Å². The summed E-state index contributed by atoms with van der Waals surface area (Å²) in [7, 11) is 1.48. The lowest BCUT2D eigenvalue weighted by Crippen LogP contribution is -2.42. The van der Waals surface area contributed by atoms with Crippen molar-refractivity contribution in [1.82, 2.24) is 10.6 Å². The van der Waals surface area contributed by atoms with Crippen molar-refractivity contribution in [2.24, 2.45) is 0 Å². The van der Waals surface area contributed by atoms with Crippen molar-refractivity contribution < 1.29 is 29.2 Å². The van der Waals surface area contributed by atoms with Crippen LogP contribution in [-0.4, -0.2) is 41.0 Å². The van der Waals surface area contributed by atoms with Gasteiger partial charge >= 0.3 is 5.97 Å². The number of carboxylic acids is 1. The summed E-state index contributed by atoms with van der Waals surface area (Å²) in [6.45, 7) is 1.26. The van der Waals surface area contributed by atoms with Gasteiger partial charge in [0.15, 0.2) is 0 Å². The number of hydrogen-bond acceptors (Lipinski definition) is 6. The molecule has 3 N–H and O–H groups in total. The van der Waals surface area contributed by atoms with Crippen LogP contribution in [0.25, 0.3) is 6.08 Å². The number of nitrogens with one attached hydrogen (secondary N) is 2. The third-order valence-electron chi connectivity index (χ3n) is 3.96. The van der Waals surface area contributed by atoms with Crippen LogP contribution >= 0.6 is 0 Å². The number of carboxylic acid groups (broad SMARTS) is 1. The maximum Gasteiger partial charge on any atom is 0.325 e. The minimum absolute atomic E-state index is 0.205. The van der Waals surface area contributed by atoms with E-state index >= 15 is 0 Å². The van der Waals surface area contributed by atoms with E-state index in [0.717, 1.165) is 0 Å². The molecule has 0 aliphatic rings. The molecule has 0 heterocycles. The number of nitrogens with zero attached hydrogens (tertiary/aromatic N) is 1. The van der Waals surface area contributed by atoms with Gasteiger partial charge < -0.3 is 20.5 Å². The predicted molar refractivity (Wildman–Crippen MR) is 107 cm³/mol. The zero-order valence-corrected chi connectivity index (χ0v) is 16.1. The number of methoxy groups -OCH3 is 1. The lowest BCUT2D eigenvalue weighted by Gasteiger charge is -2.13. The molecule has 0 radical (unpaired) electrons. The zero-order chi connectivity index (χ0) is 22.3. The van der Waals surface area contributed by atoms with Crippen LogP contribution in [0.1, 0.15) is 22.8 Å². The summed E-state index contributed by atoms with van der Waals surface area (Å²) in [4.78, 5) is 46.5. The van der Waals surface area contributed by atoms with E-state index in [1.165, 1.54) is 56.5 Å². The summed E-state index contributed by atoms with van der Waals surface area (Å²) in [6.07, 6.45) is 1.22. The Morgan fingerprint density at radius 2 is 1.83 bits per heavy atom. The average molecular weight is 413 g/mol. The summed E-state index contributed by atoms with van der Waals surface area (Å²) in [5, 5.41) is 24.6. The van der Waals surface area contributed by atoms with Gasteiger partial charge in [-0.2, -0.15) is 0 Å². The monoisotopic (exact) mass is 413 g/mol. The van der Waals surface area contributed by atoms with Gasteiger partial charge in [0.25, 0.3) is 17.5 Å². The molecule has 0 spiro atoms. The fourth-order valence-corrected chi connectivity index (χ4v) is 2.33. The third-order valence-corrected chi connectivity index (χ3v) is 3.96. The first-order chi connectivity index (χ1) is 14.2. The van der Waals surface area contributed by atoms with Crippen LogP contribution in [0.2, 0.25) is 0 Å². The second-order valence-corrected chi connectivity index (χ2v) is 6.13. The number of rotatable bonds is 8. The van der Waals surface area contributed by atoms with Crippen molar-refractivity contribution in [2.45, 2.75) is 13.0 Å². The molecular weight excluding hydrogens is 394 g/mol. The van der Waals surface area contributed by atoms with E-state index in [9.17, 15) is 24.5 Å². The highest BCUT2D eigenvalue weighted by Crippen LogP contribution is 2.16. The highest BCUT2D eigenvalue weighted by atomic mass is 16.6. The molecule has 10 heteroatoms. The number of nitro groups is 1. The highest BCUT2D eigenvalue weighted by Gasteiger charge is 2.20. The number of nitro benzene ring substituents is 1. The summed E-state index contributed by atoms with van der Waals surface area (Å²) < 4.78 is 5.03. The first kappa shape index (κ1) is 22.1. The van der Waals surface area contributed by atoms with Crippen molar-refractivity contribution >= 4 is 29.5 Å². The lowest BCUT2D eigenvalue weighted by molar-refractivity contribution is -0.384. The molecule has 0 aromatic heterocycles.